The molecular formula is C45H26N4S2. The Labute approximate surface area is 300 Å². The Bertz CT molecular complexity index is 3030. The van der Waals surface area contributed by atoms with Crippen LogP contribution in [0, 0.1) is 0 Å². The summed E-state index contributed by atoms with van der Waals surface area (Å²) < 4.78 is 7.53. The molecule has 0 radical (unpaired) electrons. The van der Waals surface area contributed by atoms with Gasteiger partial charge >= 0.3 is 0 Å². The van der Waals surface area contributed by atoms with Crippen molar-refractivity contribution in [3.8, 4) is 39.9 Å². The molecule has 6 heteroatoms. The lowest BCUT2D eigenvalue weighted by Crippen LogP contribution is -2.00. The second-order valence-electron chi connectivity index (χ2n) is 12.8. The van der Waals surface area contributed by atoms with Crippen molar-refractivity contribution in [1.29, 1.82) is 0 Å². The number of rotatable bonds is 4. The first-order valence-electron chi connectivity index (χ1n) is 17.0. The monoisotopic (exact) mass is 686 g/mol. The van der Waals surface area contributed by atoms with E-state index in [2.05, 4.69) is 126 Å². The van der Waals surface area contributed by atoms with Crippen LogP contribution in [0.4, 0.5) is 0 Å². The highest BCUT2D eigenvalue weighted by atomic mass is 32.1. The van der Waals surface area contributed by atoms with E-state index in [-0.39, 0.29) is 0 Å². The zero-order chi connectivity index (χ0) is 33.5. The molecule has 0 fully saturated rings. The molecule has 11 rings (SSSR count). The molecule has 4 aromatic heterocycles. The van der Waals surface area contributed by atoms with Crippen molar-refractivity contribution in [2.24, 2.45) is 0 Å². The van der Waals surface area contributed by atoms with Crippen LogP contribution < -0.4 is 0 Å². The van der Waals surface area contributed by atoms with Gasteiger partial charge in [0.05, 0.1) is 30.8 Å². The topological polar surface area (TPSA) is 43.6 Å². The highest BCUT2D eigenvalue weighted by Gasteiger charge is 2.21. The molecule has 0 bridgehead atoms. The lowest BCUT2D eigenvalue weighted by Gasteiger charge is -2.09. The molecule has 0 amide bonds. The second-order valence-corrected chi connectivity index (χ2v) is 14.8. The average Bonchev–Trinajstić information content (AvgIpc) is 3.88. The molecule has 0 unspecified atom stereocenters. The lowest BCUT2D eigenvalue weighted by atomic mass is 10.1. The van der Waals surface area contributed by atoms with Gasteiger partial charge in [0, 0.05) is 53.7 Å². The van der Waals surface area contributed by atoms with Gasteiger partial charge in [0.25, 0.3) is 0 Å². The first kappa shape index (κ1) is 28.6. The molecule has 11 aromatic rings. The highest BCUT2D eigenvalue weighted by molar-refractivity contribution is 7.34. The van der Waals surface area contributed by atoms with E-state index in [1.807, 2.05) is 59.1 Å². The molecule has 4 heterocycles. The number of hydrogen-bond acceptors (Lipinski definition) is 5. The minimum Gasteiger partial charge on any atom is -0.308 e. The highest BCUT2D eigenvalue weighted by Crippen LogP contribution is 2.48. The van der Waals surface area contributed by atoms with Crippen LogP contribution >= 0.6 is 22.7 Å². The summed E-state index contributed by atoms with van der Waals surface area (Å²) in [5.74, 6) is 2.02. The number of thiophene rings is 2. The maximum absolute atomic E-state index is 5.09. The van der Waals surface area contributed by atoms with E-state index in [0.717, 1.165) is 16.7 Å². The summed E-state index contributed by atoms with van der Waals surface area (Å²) in [5.41, 5.74) is 6.62. The van der Waals surface area contributed by atoms with E-state index in [4.69, 9.17) is 15.0 Å². The summed E-state index contributed by atoms with van der Waals surface area (Å²) in [6.45, 7) is 0. The maximum atomic E-state index is 5.09. The molecule has 0 N–H and O–H groups in total. The van der Waals surface area contributed by atoms with Crippen LogP contribution in [0.3, 0.4) is 0 Å². The van der Waals surface area contributed by atoms with Crippen LogP contribution in [-0.2, 0) is 0 Å². The molecule has 0 saturated carbocycles. The van der Waals surface area contributed by atoms with Crippen molar-refractivity contribution < 1.29 is 0 Å². The number of fused-ring (bicyclic) bond motifs is 10. The van der Waals surface area contributed by atoms with Crippen LogP contribution in [0.25, 0.3) is 102 Å². The van der Waals surface area contributed by atoms with Crippen molar-refractivity contribution in [2.45, 2.75) is 0 Å². The summed E-state index contributed by atoms with van der Waals surface area (Å²) in [6, 6.07) is 55.7. The lowest BCUT2D eigenvalue weighted by molar-refractivity contribution is 1.08. The van der Waals surface area contributed by atoms with E-state index < -0.39 is 0 Å². The van der Waals surface area contributed by atoms with Crippen molar-refractivity contribution >= 4 is 84.8 Å². The largest absolute Gasteiger partial charge is 0.308 e. The van der Waals surface area contributed by atoms with Gasteiger partial charge in [-0.3, -0.25) is 0 Å². The van der Waals surface area contributed by atoms with Crippen LogP contribution in [0.2, 0.25) is 0 Å². The van der Waals surface area contributed by atoms with Gasteiger partial charge in [0.2, 0.25) is 0 Å². The van der Waals surface area contributed by atoms with Gasteiger partial charge in [0.1, 0.15) is 0 Å². The molecule has 0 spiro atoms. The summed E-state index contributed by atoms with van der Waals surface area (Å²) >= 11 is 3.74. The van der Waals surface area contributed by atoms with Gasteiger partial charge in [0.15, 0.2) is 17.5 Å². The third kappa shape index (κ3) is 4.34. The van der Waals surface area contributed by atoms with Crippen LogP contribution in [0.1, 0.15) is 0 Å². The SMILES string of the molecule is c1ccc(-c2nc(-c3ccccc3)nc(-c3cccc4c3sc3c4ccc4c5cccc(-n6c7ccccc7c7ccccc76)c5sc43)n2)cc1. The molecule has 51 heavy (non-hydrogen) atoms. The zero-order valence-corrected chi connectivity index (χ0v) is 28.7. The molecule has 0 atom stereocenters. The van der Waals surface area contributed by atoms with E-state index in [1.165, 1.54) is 67.8 Å². The van der Waals surface area contributed by atoms with E-state index in [1.54, 1.807) is 0 Å². The minimum absolute atomic E-state index is 0.669. The molecular weight excluding hydrogens is 661 g/mol. The smallest absolute Gasteiger partial charge is 0.165 e. The Balaban J connectivity index is 1.16. The van der Waals surface area contributed by atoms with Gasteiger partial charge in [-0.2, -0.15) is 0 Å². The molecule has 0 saturated heterocycles. The van der Waals surface area contributed by atoms with Crippen LogP contribution in [-0.4, -0.2) is 19.5 Å². The molecule has 0 aliphatic heterocycles. The number of aromatic nitrogens is 4. The zero-order valence-electron chi connectivity index (χ0n) is 27.1. The molecule has 0 aliphatic rings. The van der Waals surface area contributed by atoms with E-state index in [0.29, 0.717) is 17.5 Å². The normalized spacial score (nSPS) is 11.9. The summed E-state index contributed by atoms with van der Waals surface area (Å²) in [4.78, 5) is 15.1. The van der Waals surface area contributed by atoms with Gasteiger partial charge in [-0.1, -0.05) is 133 Å². The van der Waals surface area contributed by atoms with Crippen LogP contribution in [0.5, 0.6) is 0 Å². The Kier molecular flexibility index (Phi) is 6.26. The predicted octanol–water partition coefficient (Wildman–Crippen LogP) is 12.7. The van der Waals surface area contributed by atoms with Crippen molar-refractivity contribution in [1.82, 2.24) is 19.5 Å². The Morgan fingerprint density at radius 2 is 0.784 bits per heavy atom. The first-order chi connectivity index (χ1) is 25.3. The molecule has 0 aliphatic carbocycles. The average molecular weight is 687 g/mol. The molecule has 4 nitrogen and oxygen atoms in total. The third-order valence-electron chi connectivity index (χ3n) is 9.87. The van der Waals surface area contributed by atoms with Crippen molar-refractivity contribution in [3.63, 3.8) is 0 Å². The summed E-state index contributed by atoms with van der Waals surface area (Å²) in [7, 11) is 0. The fourth-order valence-electron chi connectivity index (χ4n) is 7.56. The summed E-state index contributed by atoms with van der Waals surface area (Å²) in [5, 5.41) is 7.60. The standard InChI is InChI=1S/C45H26N4S2/c1-3-13-27(14-4-1)43-46-44(28-15-5-2-6-16-28)48-45(47-43)35-21-11-19-31-33-25-26-34-32-20-12-24-38(40(32)51-42(34)41(33)50-39(31)35)49-36-22-9-7-17-29(36)30-18-8-10-23-37(30)49/h1-26H. The van der Waals surface area contributed by atoms with Crippen molar-refractivity contribution in [2.75, 3.05) is 0 Å². The van der Waals surface area contributed by atoms with Gasteiger partial charge in [-0.25, -0.2) is 15.0 Å². The first-order valence-corrected chi connectivity index (χ1v) is 18.6. The predicted molar refractivity (Wildman–Crippen MR) is 216 cm³/mol. The Morgan fingerprint density at radius 3 is 1.39 bits per heavy atom. The minimum atomic E-state index is 0.669. The Hall–Kier alpha value is -6.21. The number of para-hydroxylation sites is 2. The van der Waals surface area contributed by atoms with Gasteiger partial charge in [-0.05, 0) is 24.3 Å². The summed E-state index contributed by atoms with van der Waals surface area (Å²) in [6.07, 6.45) is 0. The molecule has 7 aromatic carbocycles. The second kappa shape index (κ2) is 11.2. The van der Waals surface area contributed by atoms with Crippen LogP contribution in [0.15, 0.2) is 158 Å². The Morgan fingerprint density at radius 1 is 0.333 bits per heavy atom. The maximum Gasteiger partial charge on any atom is 0.165 e. The third-order valence-corrected chi connectivity index (χ3v) is 12.5. The number of nitrogens with zero attached hydrogens (tertiary/aromatic N) is 4. The van der Waals surface area contributed by atoms with Gasteiger partial charge in [-0.15, -0.1) is 22.7 Å². The number of hydrogen-bond donors (Lipinski definition) is 0. The number of benzene rings is 7. The fraction of sp³-hybridized carbons (Fsp3) is 0. The fourth-order valence-corrected chi connectivity index (χ4v) is 10.3. The van der Waals surface area contributed by atoms with Gasteiger partial charge < -0.3 is 4.57 Å². The van der Waals surface area contributed by atoms with E-state index in [9.17, 15) is 0 Å². The van der Waals surface area contributed by atoms with E-state index >= 15 is 0 Å². The van der Waals surface area contributed by atoms with Crippen molar-refractivity contribution in [3.05, 3.63) is 158 Å². The molecule has 238 valence electrons. The quantitative estimate of drug-likeness (QED) is 0.185.